The SMILES string of the molecule is CC(C)NC(=O)[C@@H](C)N(Cc1ccc(F)cc1)C(=O)CN(c1ccc(Br)cc1)S(=O)(=O)c1ccccc1. The molecule has 10 heteroatoms. The van der Waals surface area contributed by atoms with Crippen molar-refractivity contribution in [2.75, 3.05) is 10.8 Å². The minimum Gasteiger partial charge on any atom is -0.352 e. The van der Waals surface area contributed by atoms with Crippen LogP contribution >= 0.6 is 15.9 Å². The molecule has 7 nitrogen and oxygen atoms in total. The van der Waals surface area contributed by atoms with Gasteiger partial charge in [0.25, 0.3) is 10.0 Å². The Morgan fingerprint density at radius 2 is 1.51 bits per heavy atom. The molecule has 3 aromatic carbocycles. The number of hydrogen-bond acceptors (Lipinski definition) is 4. The third-order valence-electron chi connectivity index (χ3n) is 5.59. The van der Waals surface area contributed by atoms with E-state index in [1.165, 1.54) is 41.3 Å². The van der Waals surface area contributed by atoms with Crippen molar-refractivity contribution in [3.8, 4) is 0 Å². The van der Waals surface area contributed by atoms with E-state index < -0.39 is 34.3 Å². The van der Waals surface area contributed by atoms with E-state index in [1.54, 1.807) is 63.2 Å². The Morgan fingerprint density at radius 3 is 2.08 bits per heavy atom. The highest BCUT2D eigenvalue weighted by Gasteiger charge is 2.32. The van der Waals surface area contributed by atoms with Gasteiger partial charge in [-0.3, -0.25) is 13.9 Å². The maximum Gasteiger partial charge on any atom is 0.264 e. The number of nitrogens with one attached hydrogen (secondary N) is 1. The molecule has 0 aromatic heterocycles. The number of sulfonamides is 1. The largest absolute Gasteiger partial charge is 0.352 e. The third-order valence-corrected chi connectivity index (χ3v) is 7.91. The Balaban J connectivity index is 2.00. The van der Waals surface area contributed by atoms with Crippen LogP contribution < -0.4 is 9.62 Å². The molecule has 1 N–H and O–H groups in total. The van der Waals surface area contributed by atoms with Crippen LogP contribution in [0, 0.1) is 5.82 Å². The van der Waals surface area contributed by atoms with E-state index in [9.17, 15) is 22.4 Å². The van der Waals surface area contributed by atoms with E-state index >= 15 is 0 Å². The minimum absolute atomic E-state index is 0.00857. The number of benzene rings is 3. The van der Waals surface area contributed by atoms with Crippen molar-refractivity contribution in [3.63, 3.8) is 0 Å². The summed E-state index contributed by atoms with van der Waals surface area (Å²) in [7, 11) is -4.12. The van der Waals surface area contributed by atoms with Gasteiger partial charge in [-0.05, 0) is 74.9 Å². The molecule has 196 valence electrons. The van der Waals surface area contributed by atoms with Gasteiger partial charge in [0, 0.05) is 17.1 Å². The van der Waals surface area contributed by atoms with Gasteiger partial charge in [-0.1, -0.05) is 46.3 Å². The molecule has 37 heavy (non-hydrogen) atoms. The van der Waals surface area contributed by atoms with Crippen LogP contribution in [0.3, 0.4) is 0 Å². The van der Waals surface area contributed by atoms with E-state index in [2.05, 4.69) is 21.2 Å². The van der Waals surface area contributed by atoms with Gasteiger partial charge < -0.3 is 10.2 Å². The Hall–Kier alpha value is -3.24. The van der Waals surface area contributed by atoms with E-state index in [-0.39, 0.29) is 23.4 Å². The topological polar surface area (TPSA) is 86.8 Å². The lowest BCUT2D eigenvalue weighted by Gasteiger charge is -2.32. The summed E-state index contributed by atoms with van der Waals surface area (Å²) in [4.78, 5) is 27.9. The number of carbonyl (C=O) groups excluding carboxylic acids is 2. The van der Waals surface area contributed by atoms with Crippen molar-refractivity contribution >= 4 is 43.5 Å². The van der Waals surface area contributed by atoms with Crippen LogP contribution in [-0.4, -0.2) is 43.8 Å². The van der Waals surface area contributed by atoms with Crippen LogP contribution in [-0.2, 0) is 26.2 Å². The Kier molecular flexibility index (Phi) is 9.45. The molecule has 0 unspecified atom stereocenters. The Morgan fingerprint density at radius 1 is 0.919 bits per heavy atom. The molecule has 0 saturated heterocycles. The molecule has 3 aromatic rings. The molecular weight excluding hydrogens is 561 g/mol. The zero-order valence-electron chi connectivity index (χ0n) is 20.8. The second-order valence-electron chi connectivity index (χ2n) is 8.79. The normalized spacial score (nSPS) is 12.2. The zero-order chi connectivity index (χ0) is 27.2. The van der Waals surface area contributed by atoms with Crippen LogP contribution in [0.1, 0.15) is 26.3 Å². The molecule has 0 spiro atoms. The molecule has 0 heterocycles. The number of hydrogen-bond donors (Lipinski definition) is 1. The summed E-state index contributed by atoms with van der Waals surface area (Å²) in [5.41, 5.74) is 0.890. The van der Waals surface area contributed by atoms with Gasteiger partial charge in [-0.25, -0.2) is 12.8 Å². The van der Waals surface area contributed by atoms with Gasteiger partial charge in [0.1, 0.15) is 18.4 Å². The van der Waals surface area contributed by atoms with E-state index in [4.69, 9.17) is 0 Å². The molecule has 0 aliphatic rings. The van der Waals surface area contributed by atoms with Crippen molar-refractivity contribution in [3.05, 3.63) is 94.7 Å². The fourth-order valence-electron chi connectivity index (χ4n) is 3.63. The number of amides is 2. The summed E-state index contributed by atoms with van der Waals surface area (Å²) < 4.78 is 42.5. The first-order valence-corrected chi connectivity index (χ1v) is 13.9. The minimum atomic E-state index is -4.12. The van der Waals surface area contributed by atoms with Gasteiger partial charge in [-0.2, -0.15) is 0 Å². The summed E-state index contributed by atoms with van der Waals surface area (Å²) in [6.45, 7) is 4.64. The summed E-state index contributed by atoms with van der Waals surface area (Å²) in [6.07, 6.45) is 0. The average molecular weight is 591 g/mol. The summed E-state index contributed by atoms with van der Waals surface area (Å²) in [6, 6.07) is 18.9. The Labute approximate surface area is 225 Å². The number of halogens is 2. The lowest BCUT2D eigenvalue weighted by Crippen LogP contribution is -2.52. The smallest absolute Gasteiger partial charge is 0.264 e. The Bertz CT molecular complexity index is 1320. The first kappa shape index (κ1) is 28.3. The summed E-state index contributed by atoms with van der Waals surface area (Å²) in [5.74, 6) is -1.40. The quantitative estimate of drug-likeness (QED) is 0.370. The molecule has 0 aliphatic heterocycles. The number of rotatable bonds is 10. The molecule has 3 rings (SSSR count). The standard InChI is InChI=1S/C27H29BrFN3O4S/c1-19(2)30-27(34)20(3)31(17-21-9-13-23(29)14-10-21)26(33)18-32(24-15-11-22(28)12-16-24)37(35,36)25-7-5-4-6-8-25/h4-16,19-20H,17-18H2,1-3H3,(H,30,34)/t20-/m1/s1. The molecule has 2 amide bonds. The predicted molar refractivity (Wildman–Crippen MR) is 145 cm³/mol. The highest BCUT2D eigenvalue weighted by Crippen LogP contribution is 2.26. The van der Waals surface area contributed by atoms with Crippen LogP contribution in [0.2, 0.25) is 0 Å². The van der Waals surface area contributed by atoms with Crippen molar-refractivity contribution < 1.29 is 22.4 Å². The molecular formula is C27H29BrFN3O4S. The third kappa shape index (κ3) is 7.39. The van der Waals surface area contributed by atoms with E-state index in [0.29, 0.717) is 11.3 Å². The second-order valence-corrected chi connectivity index (χ2v) is 11.6. The fourth-order valence-corrected chi connectivity index (χ4v) is 5.33. The first-order chi connectivity index (χ1) is 17.5. The number of anilines is 1. The van der Waals surface area contributed by atoms with Crippen LogP contribution in [0.5, 0.6) is 0 Å². The van der Waals surface area contributed by atoms with Crippen molar-refractivity contribution in [1.29, 1.82) is 0 Å². The van der Waals surface area contributed by atoms with Gasteiger partial charge >= 0.3 is 0 Å². The predicted octanol–water partition coefficient (Wildman–Crippen LogP) is 4.73. The first-order valence-electron chi connectivity index (χ1n) is 11.7. The molecule has 0 fully saturated rings. The van der Waals surface area contributed by atoms with Crippen molar-refractivity contribution in [2.45, 2.75) is 44.3 Å². The van der Waals surface area contributed by atoms with Gasteiger partial charge in [0.05, 0.1) is 10.6 Å². The van der Waals surface area contributed by atoms with Crippen molar-refractivity contribution in [1.82, 2.24) is 10.2 Å². The fraction of sp³-hybridized carbons (Fsp3) is 0.259. The van der Waals surface area contributed by atoms with Gasteiger partial charge in [0.15, 0.2) is 0 Å². The number of nitrogens with zero attached hydrogens (tertiary/aromatic N) is 2. The van der Waals surface area contributed by atoms with E-state index in [1.807, 2.05) is 0 Å². The summed E-state index contributed by atoms with van der Waals surface area (Å²) >= 11 is 3.35. The van der Waals surface area contributed by atoms with Crippen LogP contribution in [0.25, 0.3) is 0 Å². The maximum atomic E-state index is 13.7. The molecule has 0 bridgehead atoms. The molecule has 0 aliphatic carbocycles. The molecule has 0 saturated carbocycles. The number of carbonyl (C=O) groups is 2. The highest BCUT2D eigenvalue weighted by atomic mass is 79.9. The maximum absolute atomic E-state index is 13.7. The molecule has 0 radical (unpaired) electrons. The average Bonchev–Trinajstić information content (AvgIpc) is 2.87. The molecule has 1 atom stereocenters. The lowest BCUT2D eigenvalue weighted by molar-refractivity contribution is -0.139. The summed E-state index contributed by atoms with van der Waals surface area (Å²) in [5, 5.41) is 2.79. The lowest BCUT2D eigenvalue weighted by atomic mass is 10.1. The second kappa shape index (κ2) is 12.3. The van der Waals surface area contributed by atoms with Crippen LogP contribution in [0.4, 0.5) is 10.1 Å². The van der Waals surface area contributed by atoms with Gasteiger partial charge in [-0.15, -0.1) is 0 Å². The van der Waals surface area contributed by atoms with Crippen LogP contribution in [0.15, 0.2) is 88.2 Å². The highest BCUT2D eigenvalue weighted by molar-refractivity contribution is 9.10. The van der Waals surface area contributed by atoms with Crippen molar-refractivity contribution in [2.24, 2.45) is 0 Å². The zero-order valence-corrected chi connectivity index (χ0v) is 23.2. The monoisotopic (exact) mass is 589 g/mol. The van der Waals surface area contributed by atoms with E-state index in [0.717, 1.165) is 8.78 Å². The van der Waals surface area contributed by atoms with Gasteiger partial charge in [0.2, 0.25) is 11.8 Å².